The molecule has 0 amide bonds. The highest BCUT2D eigenvalue weighted by Crippen LogP contribution is 1.81. The smallest absolute Gasteiger partial charge is 0.369 e. The standard InChI is InChI=1S/C3H2NO.HI/c1-2-5-3-4-1;/h1-2H;1H/q+1;/p-1. The number of rotatable bonds is 0. The molecule has 0 aromatic rings. The second-order valence-electron chi connectivity index (χ2n) is 0.623. The van der Waals surface area contributed by atoms with Crippen molar-refractivity contribution < 1.29 is 28.7 Å². The Balaban J connectivity index is 0.000000250. The van der Waals surface area contributed by atoms with Gasteiger partial charge in [-0.2, -0.15) is 0 Å². The lowest BCUT2D eigenvalue weighted by atomic mass is 11.0. The maximum absolute atomic E-state index is 4.35. The molecule has 3 heteroatoms. The van der Waals surface area contributed by atoms with Crippen LogP contribution in [-0.2, 0) is 4.74 Å². The topological polar surface area (TPSA) is 21.6 Å². The van der Waals surface area contributed by atoms with Crippen LogP contribution in [0.5, 0.6) is 0 Å². The molecular weight excluding hydrogens is 193 g/mol. The maximum atomic E-state index is 4.35. The van der Waals surface area contributed by atoms with Crippen molar-refractivity contribution in [3.05, 3.63) is 12.5 Å². The normalized spacial score (nSPS) is 12.0. The van der Waals surface area contributed by atoms with Crippen LogP contribution in [0.2, 0.25) is 0 Å². The molecule has 0 atom stereocenters. The van der Waals surface area contributed by atoms with Crippen molar-refractivity contribution in [2.45, 2.75) is 0 Å². The zero-order valence-electron chi connectivity index (χ0n) is 2.89. The zero-order valence-corrected chi connectivity index (χ0v) is 5.05. The summed E-state index contributed by atoms with van der Waals surface area (Å²) in [5.74, 6) is 0. The van der Waals surface area contributed by atoms with Crippen LogP contribution in [0.1, 0.15) is 0 Å². The molecule has 1 aliphatic rings. The lowest BCUT2D eigenvalue weighted by Gasteiger charge is -1.49. The number of halogens is 1. The van der Waals surface area contributed by atoms with E-state index in [1.807, 2.05) is 0 Å². The monoisotopic (exact) mass is 195 g/mol. The van der Waals surface area contributed by atoms with Crippen molar-refractivity contribution in [2.75, 3.05) is 0 Å². The first-order valence-electron chi connectivity index (χ1n) is 1.25. The Morgan fingerprint density at radius 1 is 1.67 bits per heavy atom. The third-order valence-corrected chi connectivity index (χ3v) is 0.309. The van der Waals surface area contributed by atoms with Gasteiger partial charge in [0, 0.05) is 0 Å². The molecule has 0 radical (unpaired) electrons. The summed E-state index contributed by atoms with van der Waals surface area (Å²) in [5, 5.41) is 0. The van der Waals surface area contributed by atoms with Gasteiger partial charge in [-0.3, -0.25) is 4.74 Å². The summed E-state index contributed by atoms with van der Waals surface area (Å²) in [6, 6.07) is 0. The van der Waals surface area contributed by atoms with E-state index in [4.69, 9.17) is 0 Å². The van der Waals surface area contributed by atoms with Gasteiger partial charge >= 0.3 is 6.40 Å². The molecule has 6 heavy (non-hydrogen) atoms. The Morgan fingerprint density at radius 2 is 2.50 bits per heavy atom. The summed E-state index contributed by atoms with van der Waals surface area (Å²) < 4.78 is 4.35. The Hall–Kier alpha value is -0.150. The highest BCUT2D eigenvalue weighted by atomic mass is 127. The summed E-state index contributed by atoms with van der Waals surface area (Å²) >= 11 is 0. The number of hydrogen-bond acceptors (Lipinski definition) is 2. The van der Waals surface area contributed by atoms with Crippen LogP contribution in [0.15, 0.2) is 17.5 Å². The first-order valence-corrected chi connectivity index (χ1v) is 1.25. The fourth-order valence-electron chi connectivity index (χ4n) is 0.152. The molecule has 0 unspecified atom stereocenters. The third kappa shape index (κ3) is 1.33. The zero-order chi connectivity index (χ0) is 3.54. The van der Waals surface area contributed by atoms with E-state index < -0.39 is 0 Å². The minimum atomic E-state index is 0. The first-order chi connectivity index (χ1) is 2.50. The van der Waals surface area contributed by atoms with Crippen molar-refractivity contribution in [2.24, 2.45) is 4.99 Å². The molecule has 1 heterocycles. The van der Waals surface area contributed by atoms with E-state index in [-0.39, 0.29) is 24.0 Å². The Labute approximate surface area is 52.9 Å². The number of hydrogen-bond donors (Lipinski definition) is 0. The van der Waals surface area contributed by atoms with Gasteiger partial charge in [0.15, 0.2) is 0 Å². The molecule has 0 aromatic heterocycles. The van der Waals surface area contributed by atoms with E-state index in [2.05, 4.69) is 16.1 Å². The van der Waals surface area contributed by atoms with Crippen molar-refractivity contribution in [1.29, 1.82) is 0 Å². The van der Waals surface area contributed by atoms with Gasteiger partial charge in [-0.25, -0.2) is 0 Å². The number of aliphatic imine (C=N–C) groups is 1. The minimum Gasteiger partial charge on any atom is -1.00 e. The Kier molecular flexibility index (Phi) is 2.98. The van der Waals surface area contributed by atoms with Gasteiger partial charge in [-0.15, -0.1) is 0 Å². The lowest BCUT2D eigenvalue weighted by molar-refractivity contribution is -0.00000145. The molecule has 0 fully saturated rings. The van der Waals surface area contributed by atoms with Crippen molar-refractivity contribution in [3.8, 4) is 0 Å². The van der Waals surface area contributed by atoms with Crippen molar-refractivity contribution in [3.63, 3.8) is 0 Å². The van der Waals surface area contributed by atoms with E-state index in [1.54, 1.807) is 0 Å². The Morgan fingerprint density at radius 3 is 2.67 bits per heavy atom. The van der Waals surface area contributed by atoms with Crippen LogP contribution in [-0.4, -0.2) is 6.40 Å². The fourth-order valence-corrected chi connectivity index (χ4v) is 0.152. The van der Waals surface area contributed by atoms with E-state index in [0.717, 1.165) is 0 Å². The van der Waals surface area contributed by atoms with Crippen LogP contribution in [0.3, 0.4) is 0 Å². The summed E-state index contributed by atoms with van der Waals surface area (Å²) in [6.07, 6.45) is 5.22. The molecule has 2 nitrogen and oxygen atoms in total. The molecular formula is C3H2INO. The van der Waals surface area contributed by atoms with Crippen molar-refractivity contribution >= 4 is 6.40 Å². The van der Waals surface area contributed by atoms with E-state index in [0.29, 0.717) is 0 Å². The van der Waals surface area contributed by atoms with Gasteiger partial charge in [0.05, 0.1) is 0 Å². The Bertz CT molecular complexity index is 68.9. The minimum absolute atomic E-state index is 0. The van der Waals surface area contributed by atoms with Crippen molar-refractivity contribution in [1.82, 2.24) is 0 Å². The van der Waals surface area contributed by atoms with E-state index >= 15 is 0 Å². The van der Waals surface area contributed by atoms with Gasteiger partial charge in [0.1, 0.15) is 0 Å². The molecule has 1 aliphatic heterocycles. The van der Waals surface area contributed by atoms with Crippen LogP contribution in [0.25, 0.3) is 0 Å². The first kappa shape index (κ1) is 5.85. The number of nitrogens with zero attached hydrogens (tertiary/aromatic N) is 1. The van der Waals surface area contributed by atoms with Gasteiger partial charge in [-0.05, 0) is 4.99 Å². The van der Waals surface area contributed by atoms with Gasteiger partial charge in [0.2, 0.25) is 6.20 Å². The third-order valence-electron chi connectivity index (χ3n) is 0.309. The van der Waals surface area contributed by atoms with Gasteiger partial charge in [0.25, 0.3) is 6.26 Å². The fraction of sp³-hybridized carbons (Fsp3) is 0. The van der Waals surface area contributed by atoms with Crippen LogP contribution in [0.4, 0.5) is 0 Å². The molecule has 0 bridgehead atoms. The molecule has 1 rings (SSSR count). The van der Waals surface area contributed by atoms with Gasteiger partial charge < -0.3 is 24.0 Å². The van der Waals surface area contributed by atoms with Crippen LogP contribution < -0.4 is 24.0 Å². The summed E-state index contributed by atoms with van der Waals surface area (Å²) in [5.41, 5.74) is 0. The van der Waals surface area contributed by atoms with Crippen LogP contribution in [0, 0.1) is 0 Å². The largest absolute Gasteiger partial charge is 1.00 e. The molecule has 0 aromatic carbocycles. The summed E-state index contributed by atoms with van der Waals surface area (Å²) in [6.45, 7) is 0. The average Bonchev–Trinajstić information content (AvgIpc) is 1.76. The molecule has 0 aliphatic carbocycles. The summed E-state index contributed by atoms with van der Waals surface area (Å²) in [7, 11) is 0. The second kappa shape index (κ2) is 3.06. The molecule has 32 valence electrons. The second-order valence-corrected chi connectivity index (χ2v) is 0.623. The number of ether oxygens (including phenoxy) is 1. The summed E-state index contributed by atoms with van der Waals surface area (Å²) in [4.78, 5) is 3.43. The SMILES string of the molecule is [C+]1=NC=CO1.[I-]. The van der Waals surface area contributed by atoms with E-state index in [9.17, 15) is 0 Å². The molecule has 0 saturated heterocycles. The van der Waals surface area contributed by atoms with E-state index in [1.165, 1.54) is 12.5 Å². The van der Waals surface area contributed by atoms with Crippen LogP contribution >= 0.6 is 0 Å². The highest BCUT2D eigenvalue weighted by molar-refractivity contribution is 5.50. The lowest BCUT2D eigenvalue weighted by Crippen LogP contribution is -3.00. The predicted octanol–water partition coefficient (Wildman–Crippen LogP) is -2.60. The molecule has 0 saturated carbocycles. The average molecular weight is 195 g/mol. The van der Waals surface area contributed by atoms with Gasteiger partial charge in [-0.1, -0.05) is 0 Å². The molecule has 0 N–H and O–H groups in total. The quantitative estimate of drug-likeness (QED) is 0.306. The highest BCUT2D eigenvalue weighted by Gasteiger charge is 1.89. The predicted molar refractivity (Wildman–Crippen MR) is 17.7 cm³/mol. The molecule has 0 spiro atoms. The maximum Gasteiger partial charge on any atom is 0.369 e.